The van der Waals surface area contributed by atoms with Gasteiger partial charge in [0.15, 0.2) is 0 Å². The molecule has 0 bridgehead atoms. The minimum atomic E-state index is -3.49. The first-order valence-electron chi connectivity index (χ1n) is 7.62. The molecule has 0 saturated carbocycles. The molecule has 2 aromatic rings. The highest BCUT2D eigenvalue weighted by molar-refractivity contribution is 7.89. The summed E-state index contributed by atoms with van der Waals surface area (Å²) in [5.41, 5.74) is 3.66. The quantitative estimate of drug-likeness (QED) is 0.794. The average Bonchev–Trinajstić information content (AvgIpc) is 2.43. The van der Waals surface area contributed by atoms with Crippen molar-refractivity contribution < 1.29 is 8.42 Å². The van der Waals surface area contributed by atoms with Crippen LogP contribution in [0.15, 0.2) is 41.3 Å². The van der Waals surface area contributed by atoms with Crippen LogP contribution in [0.25, 0.3) is 0 Å². The van der Waals surface area contributed by atoms with Crippen molar-refractivity contribution in [1.82, 2.24) is 4.72 Å². The molecule has 0 fully saturated rings. The molecule has 2 rings (SSSR count). The van der Waals surface area contributed by atoms with Crippen LogP contribution < -0.4 is 4.72 Å². The van der Waals surface area contributed by atoms with Gasteiger partial charge in [0.05, 0.1) is 4.90 Å². The highest BCUT2D eigenvalue weighted by Crippen LogP contribution is 2.21. The number of halogens is 1. The molecule has 2 aromatic carbocycles. The molecule has 0 aromatic heterocycles. The summed E-state index contributed by atoms with van der Waals surface area (Å²) < 4.78 is 27.7. The zero-order valence-corrected chi connectivity index (χ0v) is 15.3. The van der Waals surface area contributed by atoms with E-state index in [4.69, 9.17) is 11.6 Å². The van der Waals surface area contributed by atoms with Gasteiger partial charge in [-0.3, -0.25) is 0 Å². The van der Waals surface area contributed by atoms with Crippen molar-refractivity contribution in [2.24, 2.45) is 0 Å². The van der Waals surface area contributed by atoms with Crippen LogP contribution in [-0.4, -0.2) is 15.0 Å². The molecule has 0 unspecified atom stereocenters. The van der Waals surface area contributed by atoms with Gasteiger partial charge in [-0.2, -0.15) is 0 Å². The van der Waals surface area contributed by atoms with Crippen LogP contribution in [0.2, 0.25) is 5.02 Å². The van der Waals surface area contributed by atoms with E-state index < -0.39 is 10.0 Å². The van der Waals surface area contributed by atoms with Crippen LogP contribution in [0.5, 0.6) is 0 Å². The zero-order chi connectivity index (χ0) is 17.0. The summed E-state index contributed by atoms with van der Waals surface area (Å²) >= 11 is 6.11. The third kappa shape index (κ3) is 4.56. The summed E-state index contributed by atoms with van der Waals surface area (Å²) in [6.45, 7) is 6.02. The Labute approximate surface area is 143 Å². The molecule has 3 nitrogen and oxygen atoms in total. The molecule has 0 amide bonds. The van der Waals surface area contributed by atoms with Crippen LogP contribution in [-0.2, 0) is 16.4 Å². The number of aryl methyl sites for hydroxylation is 4. The standard InChI is InChI=1S/C18H22ClNO2S/c1-13-11-14(2)18(15(3)12-13)23(21,22)20-10-6-8-16-7-4-5-9-17(16)19/h4-5,7,9,11-12,20H,6,8,10H2,1-3H3. The van der Waals surface area contributed by atoms with Crippen molar-refractivity contribution in [2.45, 2.75) is 38.5 Å². The number of benzene rings is 2. The van der Waals surface area contributed by atoms with E-state index >= 15 is 0 Å². The third-order valence-electron chi connectivity index (χ3n) is 3.75. The molecule has 23 heavy (non-hydrogen) atoms. The summed E-state index contributed by atoms with van der Waals surface area (Å²) in [7, 11) is -3.49. The van der Waals surface area contributed by atoms with Gasteiger partial charge in [-0.05, 0) is 56.4 Å². The first-order valence-corrected chi connectivity index (χ1v) is 9.48. The highest BCUT2D eigenvalue weighted by atomic mass is 35.5. The molecule has 0 aliphatic rings. The Morgan fingerprint density at radius 2 is 1.65 bits per heavy atom. The van der Waals surface area contributed by atoms with E-state index in [1.54, 1.807) is 0 Å². The van der Waals surface area contributed by atoms with Crippen LogP contribution in [0, 0.1) is 20.8 Å². The predicted octanol–water partition coefficient (Wildman–Crippen LogP) is 4.18. The second kappa shape index (κ2) is 7.47. The van der Waals surface area contributed by atoms with E-state index in [9.17, 15) is 8.42 Å². The summed E-state index contributed by atoms with van der Waals surface area (Å²) in [4.78, 5) is 0.390. The summed E-state index contributed by atoms with van der Waals surface area (Å²) in [5.74, 6) is 0. The molecule has 1 N–H and O–H groups in total. The van der Waals surface area contributed by atoms with E-state index in [2.05, 4.69) is 4.72 Å². The van der Waals surface area contributed by atoms with Crippen molar-refractivity contribution in [1.29, 1.82) is 0 Å². The van der Waals surface area contributed by atoms with Crippen molar-refractivity contribution in [2.75, 3.05) is 6.54 Å². The van der Waals surface area contributed by atoms with Crippen molar-refractivity contribution in [3.05, 3.63) is 63.7 Å². The highest BCUT2D eigenvalue weighted by Gasteiger charge is 2.19. The first kappa shape index (κ1) is 18.0. The minimum Gasteiger partial charge on any atom is -0.211 e. The van der Waals surface area contributed by atoms with Gasteiger partial charge in [-0.1, -0.05) is 47.5 Å². The number of hydrogen-bond acceptors (Lipinski definition) is 2. The lowest BCUT2D eigenvalue weighted by molar-refractivity contribution is 0.577. The maximum Gasteiger partial charge on any atom is 0.241 e. The van der Waals surface area contributed by atoms with Gasteiger partial charge < -0.3 is 0 Å². The molecule has 124 valence electrons. The van der Waals surface area contributed by atoms with Gasteiger partial charge in [0.1, 0.15) is 0 Å². The van der Waals surface area contributed by atoms with Gasteiger partial charge in [0, 0.05) is 11.6 Å². The molecule has 0 atom stereocenters. The Balaban J connectivity index is 2.02. The van der Waals surface area contributed by atoms with Crippen molar-refractivity contribution in [3.63, 3.8) is 0 Å². The minimum absolute atomic E-state index is 0.389. The molecule has 0 spiro atoms. The molecule has 0 radical (unpaired) electrons. The van der Waals surface area contributed by atoms with Gasteiger partial charge in [0.2, 0.25) is 10.0 Å². The van der Waals surface area contributed by atoms with E-state index in [-0.39, 0.29) is 0 Å². The van der Waals surface area contributed by atoms with Gasteiger partial charge in [-0.25, -0.2) is 13.1 Å². The van der Waals surface area contributed by atoms with Crippen molar-refractivity contribution >= 4 is 21.6 Å². The average molecular weight is 352 g/mol. The number of rotatable bonds is 6. The molecule has 0 aliphatic carbocycles. The van der Waals surface area contributed by atoms with Gasteiger partial charge in [-0.15, -0.1) is 0 Å². The number of nitrogens with one attached hydrogen (secondary N) is 1. The Morgan fingerprint density at radius 3 is 2.26 bits per heavy atom. The monoisotopic (exact) mass is 351 g/mol. The lowest BCUT2D eigenvalue weighted by atomic mass is 10.1. The van der Waals surface area contributed by atoms with Crippen LogP contribution >= 0.6 is 11.6 Å². The van der Waals surface area contributed by atoms with E-state index in [1.807, 2.05) is 57.2 Å². The topological polar surface area (TPSA) is 46.2 Å². The third-order valence-corrected chi connectivity index (χ3v) is 5.88. The number of hydrogen-bond donors (Lipinski definition) is 1. The van der Waals surface area contributed by atoms with Gasteiger partial charge >= 0.3 is 0 Å². The second-order valence-electron chi connectivity index (χ2n) is 5.82. The lowest BCUT2D eigenvalue weighted by Crippen LogP contribution is -2.26. The molecule has 0 aliphatic heterocycles. The van der Waals surface area contributed by atoms with Crippen LogP contribution in [0.3, 0.4) is 0 Å². The Hall–Kier alpha value is -1.36. The number of sulfonamides is 1. The Morgan fingerprint density at radius 1 is 1.04 bits per heavy atom. The Kier molecular flexibility index (Phi) is 5.84. The van der Waals surface area contributed by atoms with E-state index in [0.717, 1.165) is 33.7 Å². The van der Waals surface area contributed by atoms with Crippen LogP contribution in [0.4, 0.5) is 0 Å². The maximum absolute atomic E-state index is 12.5. The predicted molar refractivity (Wildman–Crippen MR) is 95.6 cm³/mol. The summed E-state index contributed by atoms with van der Waals surface area (Å²) in [6, 6.07) is 11.4. The Bertz CT molecular complexity index is 777. The normalized spacial score (nSPS) is 11.7. The molecular weight excluding hydrogens is 330 g/mol. The summed E-state index contributed by atoms with van der Waals surface area (Å²) in [6.07, 6.45) is 1.45. The molecule has 0 heterocycles. The second-order valence-corrected chi connectivity index (χ2v) is 7.93. The fourth-order valence-electron chi connectivity index (χ4n) is 2.85. The molecule has 5 heteroatoms. The first-order chi connectivity index (χ1) is 10.8. The largest absolute Gasteiger partial charge is 0.241 e. The lowest BCUT2D eigenvalue weighted by Gasteiger charge is -2.13. The van der Waals surface area contributed by atoms with E-state index in [0.29, 0.717) is 17.9 Å². The molecular formula is C18H22ClNO2S. The van der Waals surface area contributed by atoms with Gasteiger partial charge in [0.25, 0.3) is 0 Å². The zero-order valence-electron chi connectivity index (χ0n) is 13.7. The smallest absolute Gasteiger partial charge is 0.211 e. The van der Waals surface area contributed by atoms with E-state index in [1.165, 1.54) is 0 Å². The maximum atomic E-state index is 12.5. The SMILES string of the molecule is Cc1cc(C)c(S(=O)(=O)NCCCc2ccccc2Cl)c(C)c1. The fourth-order valence-corrected chi connectivity index (χ4v) is 4.60. The molecule has 0 saturated heterocycles. The fraction of sp³-hybridized carbons (Fsp3) is 0.333. The van der Waals surface area contributed by atoms with Crippen molar-refractivity contribution in [3.8, 4) is 0 Å². The van der Waals surface area contributed by atoms with Crippen LogP contribution in [0.1, 0.15) is 28.7 Å². The summed E-state index contributed by atoms with van der Waals surface area (Å²) in [5, 5.41) is 0.723.